The van der Waals surface area contributed by atoms with E-state index in [0.717, 1.165) is 25.9 Å². The van der Waals surface area contributed by atoms with Crippen molar-refractivity contribution in [2.75, 3.05) is 25.5 Å². The molecule has 16 heavy (non-hydrogen) atoms. The predicted molar refractivity (Wildman–Crippen MR) is 65.9 cm³/mol. The lowest BCUT2D eigenvalue weighted by Gasteiger charge is -2.14. The van der Waals surface area contributed by atoms with Crippen molar-refractivity contribution in [1.82, 2.24) is 15.1 Å². The van der Waals surface area contributed by atoms with Crippen molar-refractivity contribution in [3.8, 4) is 0 Å². The molecule has 0 radical (unpaired) electrons. The summed E-state index contributed by atoms with van der Waals surface area (Å²) in [5.41, 5.74) is 0. The molecular formula is C10H18N4OS. The number of hydrogen-bond acceptors (Lipinski definition) is 5. The lowest BCUT2D eigenvalue weighted by molar-refractivity contribution is 0.0792. The molecule has 1 heterocycles. The first-order valence-corrected chi connectivity index (χ1v) is 6.33. The van der Waals surface area contributed by atoms with E-state index in [0.29, 0.717) is 10.1 Å². The Morgan fingerprint density at radius 3 is 2.81 bits per heavy atom. The number of anilines is 1. The molecule has 0 atom stereocenters. The lowest BCUT2D eigenvalue weighted by atomic mass is 10.3. The average molecular weight is 242 g/mol. The maximum absolute atomic E-state index is 11.9. The summed E-state index contributed by atoms with van der Waals surface area (Å²) in [7, 11) is 1.80. The Hall–Kier alpha value is -1.17. The molecule has 0 spiro atoms. The zero-order chi connectivity index (χ0) is 12.0. The Balaban J connectivity index is 2.57. The smallest absolute Gasteiger partial charge is 0.284 e. The van der Waals surface area contributed by atoms with Crippen molar-refractivity contribution >= 4 is 22.4 Å². The van der Waals surface area contributed by atoms with Crippen LogP contribution in [0, 0.1) is 0 Å². The molecule has 0 bridgehead atoms. The topological polar surface area (TPSA) is 58.1 Å². The summed E-state index contributed by atoms with van der Waals surface area (Å²) in [5, 5.41) is 12.0. The van der Waals surface area contributed by atoms with Crippen LogP contribution < -0.4 is 5.32 Å². The number of aromatic nitrogens is 2. The molecule has 0 aromatic carbocycles. The number of nitrogens with one attached hydrogen (secondary N) is 1. The van der Waals surface area contributed by atoms with E-state index in [-0.39, 0.29) is 5.91 Å². The first-order chi connectivity index (χ1) is 7.69. The number of hydrogen-bond donors (Lipinski definition) is 1. The van der Waals surface area contributed by atoms with Crippen molar-refractivity contribution in [2.24, 2.45) is 0 Å². The van der Waals surface area contributed by atoms with Gasteiger partial charge < -0.3 is 10.2 Å². The molecule has 0 saturated carbocycles. The van der Waals surface area contributed by atoms with Crippen LogP contribution in [-0.4, -0.2) is 41.1 Å². The van der Waals surface area contributed by atoms with Gasteiger partial charge in [-0.2, -0.15) is 0 Å². The normalized spacial score (nSPS) is 10.2. The van der Waals surface area contributed by atoms with Gasteiger partial charge >= 0.3 is 0 Å². The van der Waals surface area contributed by atoms with Crippen LogP contribution in [0.4, 0.5) is 5.13 Å². The van der Waals surface area contributed by atoms with Crippen LogP contribution in [0.1, 0.15) is 36.5 Å². The van der Waals surface area contributed by atoms with E-state index in [9.17, 15) is 4.79 Å². The van der Waals surface area contributed by atoms with Crippen LogP contribution in [0.5, 0.6) is 0 Å². The molecule has 90 valence electrons. The van der Waals surface area contributed by atoms with Gasteiger partial charge in [0, 0.05) is 20.1 Å². The van der Waals surface area contributed by atoms with E-state index in [2.05, 4.69) is 22.4 Å². The van der Waals surface area contributed by atoms with Crippen LogP contribution in [-0.2, 0) is 0 Å². The van der Waals surface area contributed by atoms with Gasteiger partial charge in [0.15, 0.2) is 0 Å². The lowest BCUT2D eigenvalue weighted by Crippen LogP contribution is -2.27. The minimum Gasteiger partial charge on any atom is -0.360 e. The van der Waals surface area contributed by atoms with Gasteiger partial charge in [-0.1, -0.05) is 24.7 Å². The molecule has 1 aromatic rings. The second-order valence-corrected chi connectivity index (χ2v) is 4.50. The van der Waals surface area contributed by atoms with Crippen molar-refractivity contribution in [3.63, 3.8) is 0 Å². The van der Waals surface area contributed by atoms with Crippen LogP contribution in [0.3, 0.4) is 0 Å². The van der Waals surface area contributed by atoms with Crippen LogP contribution in [0.15, 0.2) is 0 Å². The van der Waals surface area contributed by atoms with E-state index in [1.807, 2.05) is 6.92 Å². The van der Waals surface area contributed by atoms with E-state index in [4.69, 9.17) is 0 Å². The Labute approximate surface area is 99.9 Å². The second-order valence-electron chi connectivity index (χ2n) is 3.52. The fourth-order valence-corrected chi connectivity index (χ4v) is 2.00. The molecule has 5 nitrogen and oxygen atoms in total. The van der Waals surface area contributed by atoms with Crippen molar-refractivity contribution in [3.05, 3.63) is 5.01 Å². The van der Waals surface area contributed by atoms with E-state index in [1.165, 1.54) is 11.3 Å². The molecule has 1 rings (SSSR count). The number of rotatable bonds is 6. The van der Waals surface area contributed by atoms with Crippen molar-refractivity contribution in [2.45, 2.75) is 26.7 Å². The zero-order valence-electron chi connectivity index (χ0n) is 9.99. The summed E-state index contributed by atoms with van der Waals surface area (Å²) in [6.45, 7) is 5.64. The fourth-order valence-electron chi connectivity index (χ4n) is 1.19. The van der Waals surface area contributed by atoms with E-state index in [1.54, 1.807) is 11.9 Å². The Morgan fingerprint density at radius 1 is 1.44 bits per heavy atom. The third-order valence-corrected chi connectivity index (χ3v) is 3.00. The van der Waals surface area contributed by atoms with Crippen LogP contribution in [0.2, 0.25) is 0 Å². The van der Waals surface area contributed by atoms with Gasteiger partial charge in [-0.05, 0) is 13.3 Å². The minimum absolute atomic E-state index is 0.0462. The van der Waals surface area contributed by atoms with Gasteiger partial charge in [-0.25, -0.2) is 0 Å². The van der Waals surface area contributed by atoms with E-state index >= 15 is 0 Å². The Morgan fingerprint density at radius 2 is 2.19 bits per heavy atom. The standard InChI is InChI=1S/C10H18N4OS/c1-4-6-7-14(3)9(15)8-12-13-10(16-8)11-5-2/h4-7H2,1-3H3,(H,11,13). The summed E-state index contributed by atoms with van der Waals surface area (Å²) in [5.74, 6) is -0.0462. The van der Waals surface area contributed by atoms with Gasteiger partial charge in [-0.15, -0.1) is 10.2 Å². The minimum atomic E-state index is -0.0462. The summed E-state index contributed by atoms with van der Waals surface area (Å²) in [6, 6.07) is 0. The number of unbranched alkanes of at least 4 members (excludes halogenated alkanes) is 1. The molecule has 0 unspecified atom stereocenters. The maximum atomic E-state index is 11.9. The number of carbonyl (C=O) groups excluding carboxylic acids is 1. The number of nitrogens with zero attached hydrogens (tertiary/aromatic N) is 3. The first kappa shape index (κ1) is 12.9. The van der Waals surface area contributed by atoms with E-state index < -0.39 is 0 Å². The third-order valence-electron chi connectivity index (χ3n) is 2.13. The molecule has 1 aromatic heterocycles. The summed E-state index contributed by atoms with van der Waals surface area (Å²) < 4.78 is 0. The Bertz CT molecular complexity index is 339. The molecule has 6 heteroatoms. The van der Waals surface area contributed by atoms with Gasteiger partial charge in [0.2, 0.25) is 10.1 Å². The SMILES string of the molecule is CCCCN(C)C(=O)c1nnc(NCC)s1. The molecule has 0 aliphatic rings. The largest absolute Gasteiger partial charge is 0.360 e. The summed E-state index contributed by atoms with van der Waals surface area (Å²) >= 11 is 1.30. The summed E-state index contributed by atoms with van der Waals surface area (Å²) in [6.07, 6.45) is 2.09. The molecule has 1 N–H and O–H groups in total. The monoisotopic (exact) mass is 242 g/mol. The highest BCUT2D eigenvalue weighted by Crippen LogP contribution is 2.16. The van der Waals surface area contributed by atoms with Crippen LogP contribution >= 0.6 is 11.3 Å². The molecule has 0 aliphatic carbocycles. The highest BCUT2D eigenvalue weighted by Gasteiger charge is 2.16. The van der Waals surface area contributed by atoms with Crippen molar-refractivity contribution < 1.29 is 4.79 Å². The fraction of sp³-hybridized carbons (Fsp3) is 0.700. The zero-order valence-corrected chi connectivity index (χ0v) is 10.8. The van der Waals surface area contributed by atoms with Gasteiger partial charge in [0.1, 0.15) is 0 Å². The molecule has 1 amide bonds. The quantitative estimate of drug-likeness (QED) is 0.827. The van der Waals surface area contributed by atoms with Gasteiger partial charge in [0.25, 0.3) is 5.91 Å². The maximum Gasteiger partial charge on any atom is 0.284 e. The summed E-state index contributed by atoms with van der Waals surface area (Å²) in [4.78, 5) is 13.6. The number of carbonyl (C=O) groups is 1. The average Bonchev–Trinajstić information content (AvgIpc) is 2.74. The Kier molecular flexibility index (Phi) is 5.18. The molecule has 0 saturated heterocycles. The highest BCUT2D eigenvalue weighted by atomic mass is 32.1. The second kappa shape index (κ2) is 6.42. The van der Waals surface area contributed by atoms with Crippen LogP contribution in [0.25, 0.3) is 0 Å². The highest BCUT2D eigenvalue weighted by molar-refractivity contribution is 7.17. The third kappa shape index (κ3) is 3.44. The first-order valence-electron chi connectivity index (χ1n) is 5.51. The van der Waals surface area contributed by atoms with Gasteiger partial charge in [-0.3, -0.25) is 4.79 Å². The molecule has 0 aliphatic heterocycles. The van der Waals surface area contributed by atoms with Crippen molar-refractivity contribution in [1.29, 1.82) is 0 Å². The predicted octanol–water partition coefficient (Wildman–Crippen LogP) is 1.84. The van der Waals surface area contributed by atoms with Gasteiger partial charge in [0.05, 0.1) is 0 Å². The molecule has 0 fully saturated rings. The molecular weight excluding hydrogens is 224 g/mol. The number of amides is 1.